The maximum Gasteiger partial charge on any atom is 0.186 e. The molecule has 0 unspecified atom stereocenters. The molecule has 0 atom stereocenters. The highest BCUT2D eigenvalue weighted by atomic mass is 32.1. The van der Waals surface area contributed by atoms with Gasteiger partial charge in [-0.3, -0.25) is 0 Å². The maximum atomic E-state index is 5.81. The Hall–Kier alpha value is -0.680. The number of aromatic nitrogens is 1. The largest absolute Gasteiger partial charge is 0.389 e. The second kappa shape index (κ2) is 4.53. The van der Waals surface area contributed by atoms with Gasteiger partial charge in [0, 0.05) is 18.5 Å². The molecule has 0 bridgehead atoms. The van der Waals surface area contributed by atoms with E-state index in [2.05, 4.69) is 25.7 Å². The highest BCUT2D eigenvalue weighted by Crippen LogP contribution is 2.34. The average molecular weight is 269 g/mol. The molecule has 5 heteroatoms. The quantitative estimate of drug-likeness (QED) is 0.838. The van der Waals surface area contributed by atoms with E-state index < -0.39 is 0 Å². The van der Waals surface area contributed by atoms with Gasteiger partial charge in [0.15, 0.2) is 5.13 Å². The van der Waals surface area contributed by atoms with E-state index in [0.29, 0.717) is 4.99 Å². The Kier molecular flexibility index (Phi) is 3.41. The van der Waals surface area contributed by atoms with Gasteiger partial charge in [-0.2, -0.15) is 0 Å². The van der Waals surface area contributed by atoms with Gasteiger partial charge < -0.3 is 10.6 Å². The van der Waals surface area contributed by atoms with Gasteiger partial charge in [-0.25, -0.2) is 4.98 Å². The molecule has 0 radical (unpaired) electrons. The first-order valence-corrected chi connectivity index (χ1v) is 7.18. The van der Waals surface area contributed by atoms with Crippen molar-refractivity contribution in [2.45, 2.75) is 39.0 Å². The van der Waals surface area contributed by atoms with Crippen LogP contribution in [0.2, 0.25) is 0 Å². The molecule has 1 aliphatic rings. The predicted molar refractivity (Wildman–Crippen MR) is 78.1 cm³/mol. The number of hydrogen-bond acceptors (Lipinski definition) is 4. The first kappa shape index (κ1) is 12.8. The van der Waals surface area contributed by atoms with Crippen LogP contribution in [0.25, 0.3) is 0 Å². The molecule has 1 aromatic rings. The molecule has 1 saturated heterocycles. The summed E-state index contributed by atoms with van der Waals surface area (Å²) in [6, 6.07) is 0. The third-order valence-electron chi connectivity index (χ3n) is 2.93. The summed E-state index contributed by atoms with van der Waals surface area (Å²) in [6.07, 6.45) is 2.51. The Balaban J connectivity index is 2.40. The van der Waals surface area contributed by atoms with Crippen LogP contribution in [0.4, 0.5) is 5.13 Å². The molecule has 0 aromatic carbocycles. The first-order chi connectivity index (χ1) is 7.89. The van der Waals surface area contributed by atoms with Gasteiger partial charge in [-0.05, 0) is 12.8 Å². The van der Waals surface area contributed by atoms with Crippen molar-refractivity contribution in [3.05, 3.63) is 10.6 Å². The Morgan fingerprint density at radius 2 is 1.94 bits per heavy atom. The molecular formula is C12H19N3S2. The van der Waals surface area contributed by atoms with Crippen LogP contribution in [0.1, 0.15) is 44.2 Å². The standard InChI is InChI=1S/C12H19N3S2/c1-12(2,3)9-8(10(13)16)17-11(14-9)15-6-4-5-7-15/h4-7H2,1-3H3,(H2,13,16). The van der Waals surface area contributed by atoms with Crippen LogP contribution >= 0.6 is 23.6 Å². The van der Waals surface area contributed by atoms with Gasteiger partial charge in [-0.1, -0.05) is 44.3 Å². The monoisotopic (exact) mass is 269 g/mol. The summed E-state index contributed by atoms with van der Waals surface area (Å²) >= 11 is 6.78. The fourth-order valence-electron chi connectivity index (χ4n) is 2.03. The van der Waals surface area contributed by atoms with E-state index in [9.17, 15) is 0 Å². The van der Waals surface area contributed by atoms with Crippen LogP contribution in [0.5, 0.6) is 0 Å². The number of anilines is 1. The molecule has 0 amide bonds. The van der Waals surface area contributed by atoms with Crippen molar-refractivity contribution in [1.29, 1.82) is 0 Å². The maximum absolute atomic E-state index is 5.81. The Labute approximate surface area is 112 Å². The van der Waals surface area contributed by atoms with Gasteiger partial charge in [0.05, 0.1) is 10.6 Å². The molecular weight excluding hydrogens is 250 g/mol. The SMILES string of the molecule is CC(C)(C)c1nc(N2CCCC2)sc1C(N)=S. The number of thiocarbonyl (C=S) groups is 1. The van der Waals surface area contributed by atoms with Crippen molar-refractivity contribution in [3.63, 3.8) is 0 Å². The highest BCUT2D eigenvalue weighted by Gasteiger charge is 2.27. The normalized spacial score (nSPS) is 16.5. The lowest BCUT2D eigenvalue weighted by Gasteiger charge is -2.17. The van der Waals surface area contributed by atoms with Crippen molar-refractivity contribution >= 4 is 33.7 Å². The minimum atomic E-state index is -0.00671. The van der Waals surface area contributed by atoms with E-state index in [1.807, 2.05) is 0 Å². The van der Waals surface area contributed by atoms with Crippen LogP contribution < -0.4 is 10.6 Å². The fraction of sp³-hybridized carbons (Fsp3) is 0.667. The molecule has 94 valence electrons. The lowest BCUT2D eigenvalue weighted by Crippen LogP contribution is -2.20. The molecule has 0 spiro atoms. The zero-order valence-electron chi connectivity index (χ0n) is 10.6. The number of rotatable bonds is 2. The summed E-state index contributed by atoms with van der Waals surface area (Å²) in [5, 5.41) is 1.08. The molecule has 2 heterocycles. The Bertz CT molecular complexity index is 425. The molecule has 2 N–H and O–H groups in total. The van der Waals surface area contributed by atoms with E-state index in [1.54, 1.807) is 11.3 Å². The van der Waals surface area contributed by atoms with Crippen LogP contribution in [-0.4, -0.2) is 23.1 Å². The third-order valence-corrected chi connectivity index (χ3v) is 4.41. The highest BCUT2D eigenvalue weighted by molar-refractivity contribution is 7.81. The van der Waals surface area contributed by atoms with Crippen LogP contribution in [0, 0.1) is 0 Å². The summed E-state index contributed by atoms with van der Waals surface area (Å²) in [7, 11) is 0. The molecule has 1 aliphatic heterocycles. The summed E-state index contributed by atoms with van der Waals surface area (Å²) in [5.41, 5.74) is 6.84. The zero-order valence-corrected chi connectivity index (χ0v) is 12.2. The van der Waals surface area contributed by atoms with Gasteiger partial charge in [0.25, 0.3) is 0 Å². The molecule has 1 fully saturated rings. The topological polar surface area (TPSA) is 42.2 Å². The number of nitrogens with two attached hydrogens (primary N) is 1. The van der Waals surface area contributed by atoms with Crippen LogP contribution in [0.3, 0.4) is 0 Å². The minimum Gasteiger partial charge on any atom is -0.389 e. The second-order valence-corrected chi connectivity index (χ2v) is 6.90. The third kappa shape index (κ3) is 2.60. The van der Waals surface area contributed by atoms with E-state index in [4.69, 9.17) is 22.9 Å². The smallest absolute Gasteiger partial charge is 0.186 e. The van der Waals surface area contributed by atoms with Crippen molar-refractivity contribution < 1.29 is 0 Å². The van der Waals surface area contributed by atoms with Gasteiger partial charge in [0.2, 0.25) is 0 Å². The van der Waals surface area contributed by atoms with E-state index in [0.717, 1.165) is 28.8 Å². The number of nitrogens with zero attached hydrogens (tertiary/aromatic N) is 2. The van der Waals surface area contributed by atoms with Gasteiger partial charge >= 0.3 is 0 Å². The minimum absolute atomic E-state index is 0.00671. The Morgan fingerprint density at radius 3 is 2.35 bits per heavy atom. The predicted octanol–water partition coefficient (Wildman–Crippen LogP) is 2.68. The summed E-state index contributed by atoms with van der Waals surface area (Å²) in [6.45, 7) is 8.66. The van der Waals surface area contributed by atoms with E-state index >= 15 is 0 Å². The summed E-state index contributed by atoms with van der Waals surface area (Å²) in [5.74, 6) is 0. The van der Waals surface area contributed by atoms with Crippen LogP contribution in [-0.2, 0) is 5.41 Å². The van der Waals surface area contributed by atoms with Crippen molar-refractivity contribution in [3.8, 4) is 0 Å². The van der Waals surface area contributed by atoms with Crippen molar-refractivity contribution in [2.24, 2.45) is 5.73 Å². The van der Waals surface area contributed by atoms with Crippen LogP contribution in [0.15, 0.2) is 0 Å². The second-order valence-electron chi connectivity index (χ2n) is 5.48. The average Bonchev–Trinajstić information content (AvgIpc) is 2.85. The molecule has 2 rings (SSSR count). The molecule has 1 aromatic heterocycles. The number of thiazole rings is 1. The molecule has 0 aliphatic carbocycles. The molecule has 0 saturated carbocycles. The Morgan fingerprint density at radius 1 is 1.35 bits per heavy atom. The van der Waals surface area contributed by atoms with Crippen molar-refractivity contribution in [2.75, 3.05) is 18.0 Å². The summed E-state index contributed by atoms with van der Waals surface area (Å²) < 4.78 is 0. The lowest BCUT2D eigenvalue weighted by atomic mass is 9.91. The van der Waals surface area contributed by atoms with E-state index in [-0.39, 0.29) is 5.41 Å². The fourth-order valence-corrected chi connectivity index (χ4v) is 3.43. The van der Waals surface area contributed by atoms with Crippen molar-refractivity contribution in [1.82, 2.24) is 4.98 Å². The molecule has 17 heavy (non-hydrogen) atoms. The first-order valence-electron chi connectivity index (χ1n) is 5.95. The van der Waals surface area contributed by atoms with E-state index in [1.165, 1.54) is 12.8 Å². The zero-order chi connectivity index (χ0) is 12.6. The summed E-state index contributed by atoms with van der Waals surface area (Å²) in [4.78, 5) is 8.55. The van der Waals surface area contributed by atoms with Gasteiger partial charge in [0.1, 0.15) is 4.99 Å². The lowest BCUT2D eigenvalue weighted by molar-refractivity contribution is 0.572. The number of hydrogen-bond donors (Lipinski definition) is 1. The molecule has 3 nitrogen and oxygen atoms in total. The van der Waals surface area contributed by atoms with Gasteiger partial charge in [-0.15, -0.1) is 0 Å².